The molecule has 1 saturated carbocycles. The van der Waals surface area contributed by atoms with Gasteiger partial charge in [0.1, 0.15) is 5.60 Å². The highest BCUT2D eigenvalue weighted by Crippen LogP contribution is 2.35. The van der Waals surface area contributed by atoms with E-state index in [9.17, 15) is 4.79 Å². The summed E-state index contributed by atoms with van der Waals surface area (Å²) in [6, 6.07) is 0. The van der Waals surface area contributed by atoms with Gasteiger partial charge in [0, 0.05) is 6.08 Å². The lowest BCUT2D eigenvalue weighted by molar-refractivity contribution is -0.157. The van der Waals surface area contributed by atoms with Gasteiger partial charge in [-0.2, -0.15) is 0 Å². The van der Waals surface area contributed by atoms with Crippen LogP contribution >= 0.6 is 0 Å². The van der Waals surface area contributed by atoms with E-state index < -0.39 is 0 Å². The number of rotatable bonds is 4. The van der Waals surface area contributed by atoms with Crippen LogP contribution in [0.5, 0.6) is 0 Å². The van der Waals surface area contributed by atoms with E-state index in [0.29, 0.717) is 0 Å². The summed E-state index contributed by atoms with van der Waals surface area (Å²) in [5.41, 5.74) is -0.200. The summed E-state index contributed by atoms with van der Waals surface area (Å²) < 4.78 is 5.49. The van der Waals surface area contributed by atoms with Crippen LogP contribution in [0, 0.1) is 6.42 Å². The molecule has 1 aliphatic carbocycles. The van der Waals surface area contributed by atoms with Crippen LogP contribution in [0.15, 0.2) is 12.7 Å². The van der Waals surface area contributed by atoms with Crippen molar-refractivity contribution in [2.45, 2.75) is 51.0 Å². The van der Waals surface area contributed by atoms with Crippen molar-refractivity contribution < 1.29 is 9.53 Å². The van der Waals surface area contributed by atoms with Crippen molar-refractivity contribution in [2.24, 2.45) is 0 Å². The Morgan fingerprint density at radius 3 is 2.71 bits per heavy atom. The summed E-state index contributed by atoms with van der Waals surface area (Å²) in [5, 5.41) is 0. The first-order chi connectivity index (χ1) is 6.72. The predicted octanol–water partition coefficient (Wildman–Crippen LogP) is 3.03. The van der Waals surface area contributed by atoms with Crippen LogP contribution in [0.1, 0.15) is 45.4 Å². The summed E-state index contributed by atoms with van der Waals surface area (Å²) >= 11 is 0. The smallest absolute Gasteiger partial charge is 0.330 e. The Balaban J connectivity index is 2.59. The topological polar surface area (TPSA) is 26.3 Å². The van der Waals surface area contributed by atoms with Crippen LogP contribution in [0.3, 0.4) is 0 Å². The number of hydrogen-bond acceptors (Lipinski definition) is 2. The van der Waals surface area contributed by atoms with Crippen LogP contribution in [0.2, 0.25) is 0 Å². The number of esters is 1. The van der Waals surface area contributed by atoms with Crippen LogP contribution < -0.4 is 0 Å². The van der Waals surface area contributed by atoms with Crippen molar-refractivity contribution in [3.05, 3.63) is 19.1 Å². The molecule has 0 spiro atoms. The lowest BCUT2D eigenvalue weighted by atomic mass is 9.81. The Morgan fingerprint density at radius 2 is 2.21 bits per heavy atom. The first-order valence-electron chi connectivity index (χ1n) is 5.39. The number of carbonyl (C=O) groups excluding carboxylic acids is 1. The average Bonchev–Trinajstić information content (AvgIpc) is 2.19. The summed E-state index contributed by atoms with van der Waals surface area (Å²) in [6.45, 7) is 5.56. The van der Waals surface area contributed by atoms with E-state index in [0.717, 1.165) is 38.5 Å². The molecule has 14 heavy (non-hydrogen) atoms. The second kappa shape index (κ2) is 5.18. The molecule has 0 aliphatic heterocycles. The monoisotopic (exact) mass is 195 g/mol. The molecule has 2 heteroatoms. The standard InChI is InChI=1S/C12H19O2/c1-3-8-12(14-11(13)4-2)9-6-5-7-10-12/h4-5H,2-3,6-10H2,1H3. The van der Waals surface area contributed by atoms with Crippen LogP contribution in [0.25, 0.3) is 0 Å². The Morgan fingerprint density at radius 1 is 1.57 bits per heavy atom. The number of carbonyl (C=O) groups is 1. The summed E-state index contributed by atoms with van der Waals surface area (Å²) in [5.74, 6) is -0.277. The van der Waals surface area contributed by atoms with E-state index in [-0.39, 0.29) is 11.6 Å². The van der Waals surface area contributed by atoms with Gasteiger partial charge in [0.2, 0.25) is 0 Å². The molecular weight excluding hydrogens is 176 g/mol. The van der Waals surface area contributed by atoms with Gasteiger partial charge >= 0.3 is 5.97 Å². The quantitative estimate of drug-likeness (QED) is 0.509. The van der Waals surface area contributed by atoms with Crippen molar-refractivity contribution in [2.75, 3.05) is 0 Å². The molecule has 0 aromatic carbocycles. The molecule has 2 nitrogen and oxygen atoms in total. The second-order valence-electron chi connectivity index (χ2n) is 3.92. The largest absolute Gasteiger partial charge is 0.456 e. The minimum atomic E-state index is -0.277. The predicted molar refractivity (Wildman–Crippen MR) is 56.7 cm³/mol. The highest BCUT2D eigenvalue weighted by molar-refractivity contribution is 5.81. The molecule has 0 atom stereocenters. The van der Waals surface area contributed by atoms with Crippen molar-refractivity contribution in [3.63, 3.8) is 0 Å². The third-order valence-corrected chi connectivity index (χ3v) is 2.80. The van der Waals surface area contributed by atoms with Gasteiger partial charge < -0.3 is 4.74 Å². The Labute approximate surface area is 86.3 Å². The number of ether oxygens (including phenoxy) is 1. The SMILES string of the molecule is C=CC(=O)OC1(CCC)CC[CH]CC1. The van der Waals surface area contributed by atoms with Gasteiger partial charge in [-0.05, 0) is 38.5 Å². The fraction of sp³-hybridized carbons (Fsp3) is 0.667. The molecule has 1 rings (SSSR count). The molecule has 0 amide bonds. The molecular formula is C12H19O2. The van der Waals surface area contributed by atoms with E-state index in [1.807, 2.05) is 0 Å². The van der Waals surface area contributed by atoms with E-state index in [4.69, 9.17) is 4.74 Å². The average molecular weight is 195 g/mol. The van der Waals surface area contributed by atoms with Crippen LogP contribution in [-0.2, 0) is 9.53 Å². The zero-order chi connectivity index (χ0) is 10.4. The molecule has 0 aromatic heterocycles. The van der Waals surface area contributed by atoms with E-state index in [2.05, 4.69) is 19.9 Å². The molecule has 1 radical (unpaired) electrons. The highest BCUT2D eigenvalue weighted by atomic mass is 16.6. The molecule has 1 fully saturated rings. The molecule has 1 aliphatic rings. The third kappa shape index (κ3) is 2.86. The zero-order valence-corrected chi connectivity index (χ0v) is 8.92. The maximum atomic E-state index is 11.2. The number of hydrogen-bond donors (Lipinski definition) is 0. The zero-order valence-electron chi connectivity index (χ0n) is 8.92. The Kier molecular flexibility index (Phi) is 4.18. The first kappa shape index (κ1) is 11.3. The molecule has 79 valence electrons. The Hall–Kier alpha value is -0.790. The molecule has 0 saturated heterocycles. The van der Waals surface area contributed by atoms with Gasteiger partial charge in [0.15, 0.2) is 0 Å². The molecule has 0 N–H and O–H groups in total. The van der Waals surface area contributed by atoms with Gasteiger partial charge in [-0.15, -0.1) is 0 Å². The van der Waals surface area contributed by atoms with Gasteiger partial charge in [0.05, 0.1) is 0 Å². The van der Waals surface area contributed by atoms with E-state index in [1.165, 1.54) is 6.08 Å². The second-order valence-corrected chi connectivity index (χ2v) is 3.92. The molecule has 0 bridgehead atoms. The van der Waals surface area contributed by atoms with Gasteiger partial charge in [-0.1, -0.05) is 19.9 Å². The van der Waals surface area contributed by atoms with Gasteiger partial charge in [0.25, 0.3) is 0 Å². The summed E-state index contributed by atoms with van der Waals surface area (Å²) in [4.78, 5) is 11.2. The maximum absolute atomic E-state index is 11.2. The van der Waals surface area contributed by atoms with Crippen molar-refractivity contribution >= 4 is 5.97 Å². The van der Waals surface area contributed by atoms with Crippen molar-refractivity contribution in [1.29, 1.82) is 0 Å². The molecule has 0 unspecified atom stereocenters. The van der Waals surface area contributed by atoms with E-state index >= 15 is 0 Å². The summed E-state index contributed by atoms with van der Waals surface area (Å²) in [7, 11) is 0. The molecule has 0 heterocycles. The highest BCUT2D eigenvalue weighted by Gasteiger charge is 2.34. The minimum Gasteiger partial charge on any atom is -0.456 e. The van der Waals surface area contributed by atoms with Crippen LogP contribution in [-0.4, -0.2) is 11.6 Å². The summed E-state index contributed by atoms with van der Waals surface area (Å²) in [6.07, 6.45) is 9.63. The van der Waals surface area contributed by atoms with Crippen molar-refractivity contribution in [3.8, 4) is 0 Å². The molecule has 0 aromatic rings. The fourth-order valence-corrected chi connectivity index (χ4v) is 2.11. The van der Waals surface area contributed by atoms with Crippen molar-refractivity contribution in [1.82, 2.24) is 0 Å². The van der Waals surface area contributed by atoms with Crippen LogP contribution in [0.4, 0.5) is 0 Å². The third-order valence-electron chi connectivity index (χ3n) is 2.80. The minimum absolute atomic E-state index is 0.200. The van der Waals surface area contributed by atoms with Gasteiger partial charge in [-0.3, -0.25) is 0 Å². The lowest BCUT2D eigenvalue weighted by Crippen LogP contribution is -2.36. The van der Waals surface area contributed by atoms with Gasteiger partial charge in [-0.25, -0.2) is 4.79 Å². The lowest BCUT2D eigenvalue weighted by Gasteiger charge is -2.36. The normalized spacial score (nSPS) is 20.1. The fourth-order valence-electron chi connectivity index (χ4n) is 2.11. The maximum Gasteiger partial charge on any atom is 0.330 e. The van der Waals surface area contributed by atoms with E-state index in [1.54, 1.807) is 0 Å². The Bertz CT molecular complexity index is 197. The first-order valence-corrected chi connectivity index (χ1v) is 5.39.